The van der Waals surface area contributed by atoms with Gasteiger partial charge >= 0.3 is 0 Å². The van der Waals surface area contributed by atoms with Crippen molar-refractivity contribution in [3.63, 3.8) is 0 Å². The number of rotatable bonds is 1. The van der Waals surface area contributed by atoms with Crippen LogP contribution in [0.3, 0.4) is 0 Å². The quantitative estimate of drug-likeness (QED) is 0.560. The summed E-state index contributed by atoms with van der Waals surface area (Å²) in [5.41, 5.74) is 0.000579. The summed E-state index contributed by atoms with van der Waals surface area (Å²) in [4.78, 5) is 11.1. The van der Waals surface area contributed by atoms with E-state index in [-0.39, 0.29) is 17.1 Å². The van der Waals surface area contributed by atoms with Gasteiger partial charge in [-0.3, -0.25) is 4.79 Å². The van der Waals surface area contributed by atoms with Gasteiger partial charge in [0.25, 0.3) is 0 Å². The number of ketones is 1. The smallest absolute Gasteiger partial charge is 0.137 e. The van der Waals surface area contributed by atoms with Gasteiger partial charge in [-0.05, 0) is 12.3 Å². The number of hydrogen-bond donors (Lipinski definition) is 0. The number of carbonyl (C=O) groups excluding carboxylic acids is 1. The van der Waals surface area contributed by atoms with E-state index in [4.69, 9.17) is 0 Å². The molecule has 0 N–H and O–H groups in total. The lowest BCUT2D eigenvalue weighted by Gasteiger charge is -2.29. The number of allylic oxidation sites excluding steroid dienone is 4. The van der Waals surface area contributed by atoms with Gasteiger partial charge in [-0.2, -0.15) is 0 Å². The summed E-state index contributed by atoms with van der Waals surface area (Å²) in [6.07, 6.45) is 8.00. The Bertz CT molecular complexity index is 221. The maximum absolute atomic E-state index is 11.1. The Morgan fingerprint density at radius 1 is 1.36 bits per heavy atom. The van der Waals surface area contributed by atoms with Crippen molar-refractivity contribution in [3.05, 3.63) is 24.3 Å². The molecule has 1 unspecified atom stereocenters. The molecular formula is C10H14O. The molecule has 0 spiro atoms. The zero-order valence-electron chi connectivity index (χ0n) is 7.29. The molecule has 0 fully saturated rings. The third kappa shape index (κ3) is 1.59. The number of Topliss-reactive ketones (excluding diaryl/α,β-unsaturated/α-hetero) is 1. The van der Waals surface area contributed by atoms with Crippen LogP contribution in [0.1, 0.15) is 20.8 Å². The molecule has 0 aromatic rings. The predicted molar refractivity (Wildman–Crippen MR) is 46.2 cm³/mol. The Labute approximate surface area is 67.8 Å². The first-order valence-electron chi connectivity index (χ1n) is 3.90. The maximum Gasteiger partial charge on any atom is 0.137 e. The minimum absolute atomic E-state index is 0.000579. The van der Waals surface area contributed by atoms with Crippen LogP contribution >= 0.6 is 0 Å². The van der Waals surface area contributed by atoms with Crippen molar-refractivity contribution in [1.82, 2.24) is 0 Å². The van der Waals surface area contributed by atoms with E-state index in [9.17, 15) is 4.79 Å². The molecular weight excluding hydrogens is 136 g/mol. The van der Waals surface area contributed by atoms with Gasteiger partial charge in [0.1, 0.15) is 5.78 Å². The average Bonchev–Trinajstić information content (AvgIpc) is 1.85. The van der Waals surface area contributed by atoms with E-state index >= 15 is 0 Å². The summed E-state index contributed by atoms with van der Waals surface area (Å²) in [5, 5.41) is 0. The van der Waals surface area contributed by atoms with Crippen molar-refractivity contribution in [2.75, 3.05) is 0 Å². The zero-order chi connectivity index (χ0) is 8.48. The maximum atomic E-state index is 11.1. The molecule has 0 saturated heterocycles. The second-order valence-electron chi connectivity index (χ2n) is 3.65. The molecule has 11 heavy (non-hydrogen) atoms. The highest BCUT2D eigenvalue weighted by Crippen LogP contribution is 2.32. The topological polar surface area (TPSA) is 17.1 Å². The fourth-order valence-corrected chi connectivity index (χ4v) is 1.49. The van der Waals surface area contributed by atoms with Crippen molar-refractivity contribution in [3.8, 4) is 0 Å². The second kappa shape index (κ2) is 2.65. The molecule has 1 aliphatic carbocycles. The van der Waals surface area contributed by atoms with Crippen molar-refractivity contribution in [1.29, 1.82) is 0 Å². The number of carbonyl (C=O) groups is 1. The fraction of sp³-hybridized carbons (Fsp3) is 0.500. The summed E-state index contributed by atoms with van der Waals surface area (Å²) in [7, 11) is 0. The molecule has 0 amide bonds. The van der Waals surface area contributed by atoms with Crippen LogP contribution in [0.5, 0.6) is 0 Å². The molecule has 60 valence electrons. The Morgan fingerprint density at radius 3 is 2.36 bits per heavy atom. The highest BCUT2D eigenvalue weighted by molar-refractivity contribution is 5.81. The van der Waals surface area contributed by atoms with E-state index < -0.39 is 0 Å². The largest absolute Gasteiger partial charge is 0.299 e. The summed E-state index contributed by atoms with van der Waals surface area (Å²) in [5.74, 6) is 0.308. The Hall–Kier alpha value is -0.850. The molecule has 0 heterocycles. The zero-order valence-corrected chi connectivity index (χ0v) is 7.29. The Kier molecular flexibility index (Phi) is 1.99. The SMILES string of the molecule is CC(=O)C1C=CC=CC1(C)C. The highest BCUT2D eigenvalue weighted by Gasteiger charge is 2.29. The minimum atomic E-state index is 0.000579. The van der Waals surface area contributed by atoms with Crippen LogP contribution in [0.25, 0.3) is 0 Å². The molecule has 0 radical (unpaired) electrons. The summed E-state index contributed by atoms with van der Waals surface area (Å²) < 4.78 is 0. The molecule has 0 aromatic heterocycles. The first kappa shape index (κ1) is 8.25. The molecule has 0 aliphatic heterocycles. The van der Waals surface area contributed by atoms with Crippen LogP contribution in [0.15, 0.2) is 24.3 Å². The summed E-state index contributed by atoms with van der Waals surface area (Å²) >= 11 is 0. The van der Waals surface area contributed by atoms with Crippen molar-refractivity contribution in [2.24, 2.45) is 11.3 Å². The van der Waals surface area contributed by atoms with Crippen molar-refractivity contribution < 1.29 is 4.79 Å². The van der Waals surface area contributed by atoms with Gasteiger partial charge in [-0.1, -0.05) is 38.2 Å². The van der Waals surface area contributed by atoms with Crippen LogP contribution < -0.4 is 0 Å². The van der Waals surface area contributed by atoms with E-state index in [1.54, 1.807) is 6.92 Å². The normalized spacial score (nSPS) is 27.0. The predicted octanol–water partition coefficient (Wildman–Crippen LogP) is 2.34. The van der Waals surface area contributed by atoms with Crippen LogP contribution in [0.2, 0.25) is 0 Å². The van der Waals surface area contributed by atoms with E-state index in [2.05, 4.69) is 19.9 Å². The summed E-state index contributed by atoms with van der Waals surface area (Å²) in [6.45, 7) is 5.81. The lowest BCUT2D eigenvalue weighted by atomic mass is 9.74. The van der Waals surface area contributed by atoms with E-state index in [1.165, 1.54) is 0 Å². The van der Waals surface area contributed by atoms with E-state index in [0.717, 1.165) is 0 Å². The third-order valence-corrected chi connectivity index (χ3v) is 2.18. The summed E-state index contributed by atoms with van der Waals surface area (Å²) in [6, 6.07) is 0. The van der Waals surface area contributed by atoms with Gasteiger partial charge in [0.15, 0.2) is 0 Å². The van der Waals surface area contributed by atoms with Gasteiger partial charge in [0.2, 0.25) is 0 Å². The molecule has 0 aromatic carbocycles. The third-order valence-electron chi connectivity index (χ3n) is 2.18. The van der Waals surface area contributed by atoms with Crippen LogP contribution in [0, 0.1) is 11.3 Å². The minimum Gasteiger partial charge on any atom is -0.299 e. The standard InChI is InChI=1S/C10H14O/c1-8(11)9-6-4-5-7-10(9,2)3/h4-7,9H,1-3H3. The van der Waals surface area contributed by atoms with E-state index in [0.29, 0.717) is 0 Å². The molecule has 1 aliphatic rings. The monoisotopic (exact) mass is 150 g/mol. The van der Waals surface area contributed by atoms with E-state index in [1.807, 2.05) is 18.2 Å². The van der Waals surface area contributed by atoms with Crippen LogP contribution in [0.4, 0.5) is 0 Å². The lowest BCUT2D eigenvalue weighted by Crippen LogP contribution is -2.27. The Morgan fingerprint density at radius 2 is 2.00 bits per heavy atom. The molecule has 1 atom stereocenters. The van der Waals surface area contributed by atoms with Crippen LogP contribution in [-0.2, 0) is 4.79 Å². The van der Waals surface area contributed by atoms with Gasteiger partial charge in [0, 0.05) is 5.92 Å². The first-order valence-corrected chi connectivity index (χ1v) is 3.90. The van der Waals surface area contributed by atoms with Crippen molar-refractivity contribution >= 4 is 5.78 Å². The van der Waals surface area contributed by atoms with Crippen molar-refractivity contribution in [2.45, 2.75) is 20.8 Å². The van der Waals surface area contributed by atoms with Gasteiger partial charge in [-0.25, -0.2) is 0 Å². The average molecular weight is 150 g/mol. The molecule has 1 nitrogen and oxygen atoms in total. The lowest BCUT2D eigenvalue weighted by molar-refractivity contribution is -0.121. The van der Waals surface area contributed by atoms with Gasteiger partial charge in [0.05, 0.1) is 0 Å². The van der Waals surface area contributed by atoms with Gasteiger partial charge < -0.3 is 0 Å². The Balaban J connectivity index is 2.89. The number of hydrogen-bond acceptors (Lipinski definition) is 1. The molecule has 1 heteroatoms. The highest BCUT2D eigenvalue weighted by atomic mass is 16.1. The molecule has 0 saturated carbocycles. The molecule has 0 bridgehead atoms. The molecule has 1 rings (SSSR count). The van der Waals surface area contributed by atoms with Gasteiger partial charge in [-0.15, -0.1) is 0 Å². The second-order valence-corrected chi connectivity index (χ2v) is 3.65. The first-order chi connectivity index (χ1) is 5.04. The fourth-order valence-electron chi connectivity index (χ4n) is 1.49. The van der Waals surface area contributed by atoms with Crippen LogP contribution in [-0.4, -0.2) is 5.78 Å².